The van der Waals surface area contributed by atoms with Crippen LogP contribution >= 0.6 is 0 Å². The summed E-state index contributed by atoms with van der Waals surface area (Å²) in [5.74, 6) is 0. The lowest BCUT2D eigenvalue weighted by molar-refractivity contribution is 0.241. The molecule has 0 fully saturated rings. The molecule has 0 aromatic heterocycles. The second-order valence-corrected chi connectivity index (χ2v) is 4.94. The van der Waals surface area contributed by atoms with Crippen LogP contribution in [0.2, 0.25) is 0 Å². The van der Waals surface area contributed by atoms with Crippen LogP contribution in [0, 0.1) is 0 Å². The van der Waals surface area contributed by atoms with Gasteiger partial charge in [-0.2, -0.15) is 0 Å². The minimum absolute atomic E-state index is 0.182. The third kappa shape index (κ3) is 3.76. The fraction of sp³-hybridized carbons (Fsp3) is 0.111. The normalized spacial score (nSPS) is 10.6. The molecule has 4 amide bonds. The van der Waals surface area contributed by atoms with E-state index in [-0.39, 0.29) is 5.69 Å². The van der Waals surface area contributed by atoms with Gasteiger partial charge in [-0.3, -0.25) is 0 Å². The van der Waals surface area contributed by atoms with Gasteiger partial charge in [-0.15, -0.1) is 0 Å². The van der Waals surface area contributed by atoms with Gasteiger partial charge in [-0.05, 0) is 12.1 Å². The number of para-hydroxylation sites is 1. The maximum absolute atomic E-state index is 11.5. The zero-order chi connectivity index (χ0) is 13.1. The van der Waals surface area contributed by atoms with Crippen molar-refractivity contribution < 1.29 is 18.0 Å². The van der Waals surface area contributed by atoms with E-state index in [2.05, 4.69) is 0 Å². The summed E-state index contributed by atoms with van der Waals surface area (Å²) in [4.78, 5) is 23.2. The molecule has 17 heavy (non-hydrogen) atoms. The van der Waals surface area contributed by atoms with Crippen molar-refractivity contribution in [1.29, 1.82) is 0 Å². The Morgan fingerprint density at radius 1 is 1.24 bits per heavy atom. The first-order valence-corrected chi connectivity index (χ1v) is 6.37. The number of hydrogen-bond donors (Lipinski definition) is 2. The Morgan fingerprint density at radius 2 is 1.76 bits per heavy atom. The number of carbonyl (C=O) groups excluding carboxylic acids is 2. The van der Waals surface area contributed by atoms with Crippen molar-refractivity contribution in [3.05, 3.63) is 30.3 Å². The molecular formula is C9H11N3O4S. The van der Waals surface area contributed by atoms with Crippen molar-refractivity contribution in [3.63, 3.8) is 0 Å². The van der Waals surface area contributed by atoms with Crippen molar-refractivity contribution in [2.45, 2.75) is 0 Å². The quantitative estimate of drug-likeness (QED) is 0.790. The number of sulfonamides is 1. The van der Waals surface area contributed by atoms with E-state index in [9.17, 15) is 18.0 Å². The Balaban J connectivity index is 3.04. The molecule has 0 saturated heterocycles. The van der Waals surface area contributed by atoms with Gasteiger partial charge in [0.05, 0.1) is 11.9 Å². The van der Waals surface area contributed by atoms with E-state index >= 15 is 0 Å². The Bertz CT molecular complexity index is 526. The van der Waals surface area contributed by atoms with Crippen molar-refractivity contribution in [3.8, 4) is 0 Å². The molecule has 92 valence electrons. The van der Waals surface area contributed by atoms with Crippen LogP contribution in [0.3, 0.4) is 0 Å². The Kier molecular flexibility index (Phi) is 3.69. The molecule has 0 heterocycles. The number of amides is 4. The van der Waals surface area contributed by atoms with Crippen molar-refractivity contribution in [1.82, 2.24) is 4.72 Å². The molecule has 8 heteroatoms. The van der Waals surface area contributed by atoms with Crippen LogP contribution in [0.15, 0.2) is 30.3 Å². The largest absolute Gasteiger partial charge is 0.351 e. The maximum atomic E-state index is 11.5. The summed E-state index contributed by atoms with van der Waals surface area (Å²) in [6, 6.07) is 5.55. The van der Waals surface area contributed by atoms with Crippen LogP contribution in [0.5, 0.6) is 0 Å². The predicted octanol–water partition coefficient (Wildman–Crippen LogP) is 0.241. The molecule has 0 aliphatic carbocycles. The maximum Gasteiger partial charge on any atom is 0.343 e. The molecular weight excluding hydrogens is 246 g/mol. The standard InChI is InChI=1S/C9H11N3O4S/c1-17(15,16)11-9(14)12(8(10)13)7-5-3-2-4-6-7/h2-6H,1H3,(H2,10,13)(H,11,14). The summed E-state index contributed by atoms with van der Waals surface area (Å²) in [5.41, 5.74) is 5.20. The van der Waals surface area contributed by atoms with Gasteiger partial charge in [0, 0.05) is 0 Å². The van der Waals surface area contributed by atoms with Gasteiger partial charge in [-0.1, -0.05) is 18.2 Å². The molecule has 7 nitrogen and oxygen atoms in total. The average Bonchev–Trinajstić information content (AvgIpc) is 2.15. The summed E-state index contributed by atoms with van der Waals surface area (Å²) in [7, 11) is -3.76. The predicted molar refractivity (Wildman–Crippen MR) is 61.9 cm³/mol. The number of nitrogens with zero attached hydrogens (tertiary/aromatic N) is 1. The highest BCUT2D eigenvalue weighted by Gasteiger charge is 2.23. The van der Waals surface area contributed by atoms with Gasteiger partial charge in [0.1, 0.15) is 0 Å². The lowest BCUT2D eigenvalue weighted by atomic mass is 10.3. The average molecular weight is 257 g/mol. The topological polar surface area (TPSA) is 110 Å². The van der Waals surface area contributed by atoms with Gasteiger partial charge < -0.3 is 5.73 Å². The summed E-state index contributed by atoms with van der Waals surface area (Å²) < 4.78 is 23.4. The minimum atomic E-state index is -3.76. The summed E-state index contributed by atoms with van der Waals surface area (Å²) in [6.45, 7) is 0. The Morgan fingerprint density at radius 3 is 2.18 bits per heavy atom. The van der Waals surface area contributed by atoms with Gasteiger partial charge in [0.15, 0.2) is 0 Å². The zero-order valence-corrected chi connectivity index (χ0v) is 9.77. The van der Waals surface area contributed by atoms with E-state index in [1.807, 2.05) is 0 Å². The molecule has 0 saturated carbocycles. The van der Waals surface area contributed by atoms with Gasteiger partial charge in [0.25, 0.3) is 0 Å². The highest BCUT2D eigenvalue weighted by Crippen LogP contribution is 2.13. The fourth-order valence-corrected chi connectivity index (χ4v) is 1.53. The fourth-order valence-electron chi connectivity index (χ4n) is 1.13. The smallest absolute Gasteiger partial charge is 0.343 e. The SMILES string of the molecule is CS(=O)(=O)NC(=O)N(C(N)=O)c1ccccc1. The summed E-state index contributed by atoms with van der Waals surface area (Å²) >= 11 is 0. The molecule has 0 spiro atoms. The second kappa shape index (κ2) is 4.83. The number of rotatable bonds is 2. The first-order chi connectivity index (χ1) is 7.81. The van der Waals surface area contributed by atoms with Crippen molar-refractivity contribution in [2.24, 2.45) is 5.73 Å². The Labute approximate surface area is 98.3 Å². The van der Waals surface area contributed by atoms with E-state index in [0.29, 0.717) is 4.90 Å². The summed E-state index contributed by atoms with van der Waals surface area (Å²) in [6.07, 6.45) is 0.801. The van der Waals surface area contributed by atoms with E-state index < -0.39 is 22.1 Å². The molecule has 1 rings (SSSR count). The number of imide groups is 1. The minimum Gasteiger partial charge on any atom is -0.351 e. The van der Waals surface area contributed by atoms with Crippen LogP contribution in [0.25, 0.3) is 0 Å². The van der Waals surface area contributed by atoms with Crippen LogP contribution in [-0.2, 0) is 10.0 Å². The molecule has 0 aliphatic heterocycles. The molecule has 0 bridgehead atoms. The van der Waals surface area contributed by atoms with Crippen LogP contribution in [0.1, 0.15) is 0 Å². The summed E-state index contributed by atoms with van der Waals surface area (Å²) in [5, 5.41) is 0. The number of benzene rings is 1. The van der Waals surface area contributed by atoms with Gasteiger partial charge >= 0.3 is 12.1 Å². The van der Waals surface area contributed by atoms with Crippen LogP contribution < -0.4 is 15.4 Å². The van der Waals surface area contributed by atoms with Crippen molar-refractivity contribution in [2.75, 3.05) is 11.2 Å². The Hall–Kier alpha value is -2.09. The van der Waals surface area contributed by atoms with E-state index in [1.54, 1.807) is 22.9 Å². The molecule has 0 aliphatic rings. The van der Waals surface area contributed by atoms with Gasteiger partial charge in [-0.25, -0.2) is 27.6 Å². The number of primary amides is 1. The second-order valence-electron chi connectivity index (χ2n) is 3.19. The monoisotopic (exact) mass is 257 g/mol. The number of nitrogens with one attached hydrogen (secondary N) is 1. The zero-order valence-electron chi connectivity index (χ0n) is 8.95. The van der Waals surface area contributed by atoms with E-state index in [1.165, 1.54) is 12.1 Å². The van der Waals surface area contributed by atoms with Gasteiger partial charge in [0.2, 0.25) is 10.0 Å². The third-order valence-corrected chi connectivity index (χ3v) is 2.26. The van der Waals surface area contributed by atoms with E-state index in [0.717, 1.165) is 6.26 Å². The van der Waals surface area contributed by atoms with Crippen molar-refractivity contribution >= 4 is 27.8 Å². The first-order valence-electron chi connectivity index (χ1n) is 4.47. The van der Waals surface area contributed by atoms with Crippen LogP contribution in [0.4, 0.5) is 15.3 Å². The number of urea groups is 2. The number of hydrogen-bond acceptors (Lipinski definition) is 4. The van der Waals surface area contributed by atoms with E-state index in [4.69, 9.17) is 5.73 Å². The lowest BCUT2D eigenvalue weighted by Crippen LogP contribution is -2.48. The molecule has 0 atom stereocenters. The van der Waals surface area contributed by atoms with Crippen LogP contribution in [-0.4, -0.2) is 26.7 Å². The number of nitrogens with two attached hydrogens (primary N) is 1. The number of anilines is 1. The molecule has 1 aromatic carbocycles. The lowest BCUT2D eigenvalue weighted by Gasteiger charge is -2.18. The molecule has 3 N–H and O–H groups in total. The highest BCUT2D eigenvalue weighted by molar-refractivity contribution is 7.89. The number of carbonyl (C=O) groups is 2. The molecule has 1 aromatic rings. The molecule has 0 radical (unpaired) electrons. The highest BCUT2D eigenvalue weighted by atomic mass is 32.2. The third-order valence-electron chi connectivity index (χ3n) is 1.71. The first kappa shape index (κ1) is 13.0. The molecule has 0 unspecified atom stereocenters.